The van der Waals surface area contributed by atoms with Crippen molar-refractivity contribution in [2.45, 2.75) is 31.1 Å². The third-order valence-electron chi connectivity index (χ3n) is 5.58. The van der Waals surface area contributed by atoms with Gasteiger partial charge in [-0.15, -0.1) is 0 Å². The first kappa shape index (κ1) is 20.2. The molecule has 1 heterocycles. The summed E-state index contributed by atoms with van der Waals surface area (Å²) < 4.78 is 16.0. The molecule has 0 bridgehead atoms. The highest BCUT2D eigenvalue weighted by atomic mass is 16.5. The minimum absolute atomic E-state index is 0.0789. The summed E-state index contributed by atoms with van der Waals surface area (Å²) in [4.78, 5) is 12.5. The van der Waals surface area contributed by atoms with Gasteiger partial charge in [-0.05, 0) is 54.7 Å². The monoisotopic (exact) mass is 383 g/mol. The fraction of sp³-hybridized carbons (Fsp3) is 0.435. The smallest absolute Gasteiger partial charge is 0.220 e. The van der Waals surface area contributed by atoms with E-state index in [2.05, 4.69) is 17.4 Å². The third-order valence-corrected chi connectivity index (χ3v) is 5.58. The van der Waals surface area contributed by atoms with Gasteiger partial charge < -0.3 is 19.5 Å². The number of carbonyl (C=O) groups excluding carboxylic acids is 1. The van der Waals surface area contributed by atoms with Crippen LogP contribution in [-0.2, 0) is 21.4 Å². The van der Waals surface area contributed by atoms with Crippen molar-refractivity contribution in [1.29, 1.82) is 0 Å². The number of nitrogens with one attached hydrogen (secondary N) is 1. The Bertz CT molecular complexity index is 749. The Labute approximate surface area is 167 Å². The van der Waals surface area contributed by atoms with E-state index >= 15 is 0 Å². The van der Waals surface area contributed by atoms with Crippen LogP contribution in [0.5, 0.6) is 11.5 Å². The van der Waals surface area contributed by atoms with Gasteiger partial charge in [0, 0.05) is 31.6 Å². The molecule has 5 heteroatoms. The first-order valence-electron chi connectivity index (χ1n) is 9.77. The standard InChI is InChI=1S/C23H29NO4/c1-26-20-8-3-18(4-9-20)5-12-22(25)24-17-23(13-15-28-16-14-23)19-6-10-21(27-2)11-7-19/h3-4,6-11H,5,12-17H2,1-2H3,(H,24,25). The second-order valence-corrected chi connectivity index (χ2v) is 7.25. The van der Waals surface area contributed by atoms with Crippen molar-refractivity contribution in [2.75, 3.05) is 34.0 Å². The number of methoxy groups -OCH3 is 2. The van der Waals surface area contributed by atoms with Gasteiger partial charge in [0.05, 0.1) is 14.2 Å². The number of rotatable bonds is 8. The maximum atomic E-state index is 12.5. The summed E-state index contributed by atoms with van der Waals surface area (Å²) in [5.74, 6) is 1.75. The van der Waals surface area contributed by atoms with Crippen LogP contribution in [0.15, 0.2) is 48.5 Å². The van der Waals surface area contributed by atoms with Crippen LogP contribution in [-0.4, -0.2) is 39.9 Å². The normalized spacial score (nSPS) is 15.6. The molecular weight excluding hydrogens is 354 g/mol. The van der Waals surface area contributed by atoms with E-state index in [4.69, 9.17) is 14.2 Å². The molecule has 1 amide bonds. The first-order valence-corrected chi connectivity index (χ1v) is 9.77. The quantitative estimate of drug-likeness (QED) is 0.758. The van der Waals surface area contributed by atoms with Crippen molar-refractivity contribution in [3.63, 3.8) is 0 Å². The van der Waals surface area contributed by atoms with E-state index in [1.54, 1.807) is 14.2 Å². The molecular formula is C23H29NO4. The molecule has 3 rings (SSSR count). The zero-order valence-corrected chi connectivity index (χ0v) is 16.7. The van der Waals surface area contributed by atoms with Crippen molar-refractivity contribution in [1.82, 2.24) is 5.32 Å². The Morgan fingerprint density at radius 2 is 1.54 bits per heavy atom. The Balaban J connectivity index is 1.58. The van der Waals surface area contributed by atoms with Crippen molar-refractivity contribution in [3.8, 4) is 11.5 Å². The SMILES string of the molecule is COc1ccc(CCC(=O)NCC2(c3ccc(OC)cc3)CCOCC2)cc1. The number of ether oxygens (including phenoxy) is 3. The van der Waals surface area contributed by atoms with E-state index < -0.39 is 0 Å². The summed E-state index contributed by atoms with van der Waals surface area (Å²) in [5, 5.41) is 3.16. The molecule has 1 N–H and O–H groups in total. The van der Waals surface area contributed by atoms with Crippen LogP contribution >= 0.6 is 0 Å². The highest BCUT2D eigenvalue weighted by Crippen LogP contribution is 2.35. The summed E-state index contributed by atoms with van der Waals surface area (Å²) in [7, 11) is 3.32. The summed E-state index contributed by atoms with van der Waals surface area (Å²) in [6.45, 7) is 2.06. The van der Waals surface area contributed by atoms with Crippen LogP contribution in [0, 0.1) is 0 Å². The van der Waals surface area contributed by atoms with Crippen molar-refractivity contribution < 1.29 is 19.0 Å². The summed E-state index contributed by atoms with van der Waals surface area (Å²) in [5.41, 5.74) is 2.28. The van der Waals surface area contributed by atoms with Gasteiger partial charge in [0.25, 0.3) is 0 Å². The molecule has 0 aromatic heterocycles. The van der Waals surface area contributed by atoms with Crippen LogP contribution in [0.25, 0.3) is 0 Å². The van der Waals surface area contributed by atoms with Crippen LogP contribution in [0.2, 0.25) is 0 Å². The predicted octanol–water partition coefficient (Wildman–Crippen LogP) is 3.50. The second-order valence-electron chi connectivity index (χ2n) is 7.25. The van der Waals surface area contributed by atoms with E-state index in [1.807, 2.05) is 36.4 Å². The maximum absolute atomic E-state index is 12.5. The van der Waals surface area contributed by atoms with E-state index in [0.29, 0.717) is 32.6 Å². The summed E-state index contributed by atoms with van der Waals surface area (Å²) >= 11 is 0. The molecule has 0 unspecified atom stereocenters. The van der Waals surface area contributed by atoms with E-state index in [-0.39, 0.29) is 11.3 Å². The lowest BCUT2D eigenvalue weighted by Crippen LogP contribution is -2.44. The lowest BCUT2D eigenvalue weighted by Gasteiger charge is -2.38. The van der Waals surface area contributed by atoms with Gasteiger partial charge in [0.2, 0.25) is 5.91 Å². The topological polar surface area (TPSA) is 56.8 Å². The van der Waals surface area contributed by atoms with E-state index in [9.17, 15) is 4.79 Å². The number of aryl methyl sites for hydroxylation is 1. The predicted molar refractivity (Wildman–Crippen MR) is 109 cm³/mol. The highest BCUT2D eigenvalue weighted by molar-refractivity contribution is 5.76. The Kier molecular flexibility index (Phi) is 6.93. The molecule has 1 fully saturated rings. The molecule has 2 aromatic carbocycles. The van der Waals surface area contributed by atoms with Gasteiger partial charge in [0.15, 0.2) is 0 Å². The molecule has 28 heavy (non-hydrogen) atoms. The number of amides is 1. The van der Waals surface area contributed by atoms with Crippen molar-refractivity contribution in [2.24, 2.45) is 0 Å². The molecule has 0 aliphatic carbocycles. The fourth-order valence-corrected chi connectivity index (χ4v) is 3.68. The number of hydrogen-bond acceptors (Lipinski definition) is 4. The maximum Gasteiger partial charge on any atom is 0.220 e. The largest absolute Gasteiger partial charge is 0.497 e. The van der Waals surface area contributed by atoms with Gasteiger partial charge in [-0.2, -0.15) is 0 Å². The minimum Gasteiger partial charge on any atom is -0.497 e. The van der Waals surface area contributed by atoms with Crippen LogP contribution < -0.4 is 14.8 Å². The lowest BCUT2D eigenvalue weighted by molar-refractivity contribution is -0.121. The first-order chi connectivity index (χ1) is 13.6. The number of hydrogen-bond donors (Lipinski definition) is 1. The van der Waals surface area contributed by atoms with Crippen LogP contribution in [0.1, 0.15) is 30.4 Å². The van der Waals surface area contributed by atoms with Gasteiger partial charge >= 0.3 is 0 Å². The molecule has 5 nitrogen and oxygen atoms in total. The second kappa shape index (κ2) is 9.60. The summed E-state index contributed by atoms with van der Waals surface area (Å²) in [6.07, 6.45) is 2.99. The zero-order chi connectivity index (χ0) is 19.8. The van der Waals surface area contributed by atoms with Crippen molar-refractivity contribution >= 4 is 5.91 Å². The van der Waals surface area contributed by atoms with Gasteiger partial charge in [-0.3, -0.25) is 4.79 Å². The average Bonchev–Trinajstić information content (AvgIpc) is 2.77. The van der Waals surface area contributed by atoms with Crippen LogP contribution in [0.3, 0.4) is 0 Å². The van der Waals surface area contributed by atoms with Gasteiger partial charge in [-0.1, -0.05) is 24.3 Å². The van der Waals surface area contributed by atoms with Gasteiger partial charge in [-0.25, -0.2) is 0 Å². The molecule has 2 aromatic rings. The van der Waals surface area contributed by atoms with Crippen LogP contribution in [0.4, 0.5) is 0 Å². The molecule has 0 saturated carbocycles. The minimum atomic E-state index is -0.0830. The zero-order valence-electron chi connectivity index (χ0n) is 16.7. The van der Waals surface area contributed by atoms with Gasteiger partial charge in [0.1, 0.15) is 11.5 Å². The fourth-order valence-electron chi connectivity index (χ4n) is 3.68. The molecule has 150 valence electrons. The highest BCUT2D eigenvalue weighted by Gasteiger charge is 2.34. The van der Waals surface area contributed by atoms with E-state index in [1.165, 1.54) is 5.56 Å². The number of carbonyl (C=O) groups is 1. The molecule has 1 aliphatic rings. The lowest BCUT2D eigenvalue weighted by atomic mass is 9.74. The molecule has 0 spiro atoms. The Morgan fingerprint density at radius 3 is 2.11 bits per heavy atom. The molecule has 1 saturated heterocycles. The average molecular weight is 383 g/mol. The molecule has 0 atom stereocenters. The van der Waals surface area contributed by atoms with Crippen molar-refractivity contribution in [3.05, 3.63) is 59.7 Å². The third kappa shape index (κ3) is 5.04. The number of benzene rings is 2. The molecule has 0 radical (unpaired) electrons. The van der Waals surface area contributed by atoms with E-state index in [0.717, 1.165) is 29.9 Å². The molecule has 1 aliphatic heterocycles. The summed E-state index contributed by atoms with van der Waals surface area (Å²) in [6, 6.07) is 16.0. The Hall–Kier alpha value is -2.53. The Morgan fingerprint density at radius 1 is 0.964 bits per heavy atom.